The van der Waals surface area contributed by atoms with Gasteiger partial charge in [-0.25, -0.2) is 9.59 Å². The number of ether oxygens (including phenoxy) is 2. The second kappa shape index (κ2) is 31.1. The molecule has 3 aromatic rings. The minimum absolute atomic E-state index is 0. The van der Waals surface area contributed by atoms with Crippen LogP contribution in [0.25, 0.3) is 0 Å². The highest BCUT2D eigenvalue weighted by molar-refractivity contribution is 9.10. The summed E-state index contributed by atoms with van der Waals surface area (Å²) in [6, 6.07) is 14.7. The predicted octanol–water partition coefficient (Wildman–Crippen LogP) is 7.14. The van der Waals surface area contributed by atoms with Crippen molar-refractivity contribution in [2.75, 3.05) is 39.3 Å². The number of amides is 11. The van der Waals surface area contributed by atoms with E-state index in [0.29, 0.717) is 93.6 Å². The van der Waals surface area contributed by atoms with Crippen LogP contribution < -0.4 is 21.3 Å². The molecule has 0 spiro atoms. The monoisotopic (exact) mass is 1370 g/mol. The molecule has 9 aliphatic rings. The van der Waals surface area contributed by atoms with Gasteiger partial charge in [-0.1, -0.05) is 57.8 Å². The first-order chi connectivity index (χ1) is 44.2. The molecule has 6 fully saturated rings. The highest BCUT2D eigenvalue weighted by Gasteiger charge is 2.43. The van der Waals surface area contributed by atoms with E-state index < -0.39 is 35.2 Å². The normalized spacial score (nSPS) is 21.4. The van der Waals surface area contributed by atoms with Crippen LogP contribution in [0.5, 0.6) is 0 Å². The van der Waals surface area contributed by atoms with E-state index in [-0.39, 0.29) is 97.0 Å². The molecular formula is C70H81BrClN9O13. The molecule has 0 saturated carbocycles. The number of halogens is 2. The maximum atomic E-state index is 12.9. The van der Waals surface area contributed by atoms with Crippen LogP contribution in [0.15, 0.2) is 59.1 Å². The van der Waals surface area contributed by atoms with Crippen LogP contribution in [-0.4, -0.2) is 158 Å². The summed E-state index contributed by atoms with van der Waals surface area (Å²) in [6.07, 6.45) is 12.1. The van der Waals surface area contributed by atoms with Gasteiger partial charge in [0.1, 0.15) is 29.3 Å². The van der Waals surface area contributed by atoms with E-state index in [1.54, 1.807) is 45.0 Å². The second-order valence-corrected chi connectivity index (χ2v) is 27.2. The van der Waals surface area contributed by atoms with Gasteiger partial charge in [-0.05, 0) is 166 Å². The Labute approximate surface area is 563 Å². The first-order valence-electron chi connectivity index (χ1n) is 31.9. The summed E-state index contributed by atoms with van der Waals surface area (Å²) in [5.74, 6) is 14.2. The van der Waals surface area contributed by atoms with Crippen molar-refractivity contribution >= 4 is 93.7 Å². The van der Waals surface area contributed by atoms with Gasteiger partial charge in [0, 0.05) is 115 Å². The Morgan fingerprint density at radius 2 is 0.830 bits per heavy atom. The van der Waals surface area contributed by atoms with Crippen molar-refractivity contribution in [2.45, 2.75) is 168 Å². The van der Waals surface area contributed by atoms with Crippen molar-refractivity contribution in [3.05, 3.63) is 104 Å². The molecule has 0 radical (unpaired) electrons. The summed E-state index contributed by atoms with van der Waals surface area (Å²) in [5.41, 5.74) is 5.14. The Morgan fingerprint density at radius 1 is 0.489 bits per heavy atom. The van der Waals surface area contributed by atoms with Crippen LogP contribution in [0.3, 0.4) is 0 Å². The molecule has 6 saturated heterocycles. The van der Waals surface area contributed by atoms with Gasteiger partial charge in [-0.3, -0.25) is 59.1 Å². The van der Waals surface area contributed by atoms with E-state index in [0.717, 1.165) is 83.9 Å². The van der Waals surface area contributed by atoms with Crippen LogP contribution in [0.4, 0.5) is 9.59 Å². The Kier molecular flexibility index (Phi) is 23.6. The average Bonchev–Trinajstić information content (AvgIpc) is 1.64. The highest BCUT2D eigenvalue weighted by Crippen LogP contribution is 2.34. The molecule has 12 rings (SSSR count). The molecule has 22 nitrogen and oxygen atoms in total. The Bertz CT molecular complexity index is 3660. The van der Waals surface area contributed by atoms with Crippen molar-refractivity contribution in [2.24, 2.45) is 17.8 Å². The molecule has 4 N–H and O–H groups in total. The molecule has 94 heavy (non-hydrogen) atoms. The smallest absolute Gasteiger partial charge is 0.410 e. The van der Waals surface area contributed by atoms with Gasteiger partial charge in [0.2, 0.25) is 35.4 Å². The molecule has 24 heteroatoms. The van der Waals surface area contributed by atoms with E-state index >= 15 is 0 Å². The fourth-order valence-corrected chi connectivity index (χ4v) is 12.9. The molecule has 9 heterocycles. The van der Waals surface area contributed by atoms with E-state index in [1.807, 2.05) is 65.8 Å². The number of piperidine rings is 6. The Morgan fingerprint density at radius 3 is 1.18 bits per heavy atom. The van der Waals surface area contributed by atoms with Crippen LogP contribution >= 0.6 is 28.3 Å². The van der Waals surface area contributed by atoms with Crippen molar-refractivity contribution < 1.29 is 62.2 Å². The molecule has 3 aromatic carbocycles. The number of rotatable bonds is 3. The molecule has 3 atom stereocenters. The first-order valence-corrected chi connectivity index (χ1v) is 32.7. The van der Waals surface area contributed by atoms with Crippen molar-refractivity contribution in [3.63, 3.8) is 0 Å². The summed E-state index contributed by atoms with van der Waals surface area (Å²) in [5, 5.41) is 10.3. The van der Waals surface area contributed by atoms with E-state index in [4.69, 9.17) is 15.9 Å². The summed E-state index contributed by atoms with van der Waals surface area (Å²) < 4.78 is 11.6. The zero-order valence-corrected chi connectivity index (χ0v) is 56.3. The first kappa shape index (κ1) is 71.3. The van der Waals surface area contributed by atoms with E-state index in [1.165, 1.54) is 9.80 Å². The van der Waals surface area contributed by atoms with Gasteiger partial charge in [0.15, 0.2) is 0 Å². The number of fused-ring (bicyclic) bond motifs is 3. The number of likely N-dealkylation sites (tertiary alicyclic amines) is 2. The highest BCUT2D eigenvalue weighted by atomic mass is 79.9. The number of imide groups is 3. The Balaban J connectivity index is 0.000000167. The van der Waals surface area contributed by atoms with Gasteiger partial charge in [0.25, 0.3) is 17.7 Å². The number of nitrogens with one attached hydrogen (secondary N) is 4. The van der Waals surface area contributed by atoms with Gasteiger partial charge < -0.3 is 39.3 Å². The molecule has 9 aliphatic heterocycles. The molecule has 0 aromatic heterocycles. The number of carbonyl (C=O) groups is 11. The number of carbonyl (C=O) groups excluding carboxylic acids is 11. The lowest BCUT2D eigenvalue weighted by molar-refractivity contribution is -0.138. The zero-order chi connectivity index (χ0) is 66.9. The molecule has 3 unspecified atom stereocenters. The van der Waals surface area contributed by atoms with Crippen LogP contribution in [0.2, 0.25) is 0 Å². The van der Waals surface area contributed by atoms with Gasteiger partial charge >= 0.3 is 12.2 Å². The number of hydrogen-bond donors (Lipinski definition) is 4. The fourth-order valence-electron chi connectivity index (χ4n) is 12.4. The molecule has 0 aliphatic carbocycles. The third-order valence-corrected chi connectivity index (χ3v) is 18.1. The molecule has 0 bridgehead atoms. The molecular weight excluding hydrogens is 1290 g/mol. The standard InChI is InChI=1S/C25H29N3O5.C20H21N3O3.C13H11BrN2O3.C12H19NO2.ClH/c1-25(2,3)33-24(32)27-13-11-16(12-14-27)7-8-17-5-4-6-18-19(17)15-28(23(18)31)20-9-10-21(29)26-22(20)30;24-18-7-6-17(19(25)22-18)23-12-16-14(2-1-3-15(16)20(23)26)5-4-13-8-10-21-11-9-13;14-9-3-1-2-7-8(9)6-16(13(7)19)10-4-5-11(17)15-12(10)18;1-5-10-6-8-13(9-7-10)11(14)15-12(2,3)4;/h4-6,16,20H,9-15H2,1-3H3,(H,26,29,30);1-3,13,17,21H,6-12H2,(H,22,24,25);1-3,10H,4-6H2,(H,15,17,18);1,10H,6-9H2,2-4H3;1H. The number of terminal acetylenes is 1. The summed E-state index contributed by atoms with van der Waals surface area (Å²) in [6.45, 7) is 16.9. The lowest BCUT2D eigenvalue weighted by Crippen LogP contribution is -2.52. The molecule has 498 valence electrons. The summed E-state index contributed by atoms with van der Waals surface area (Å²) in [7, 11) is 0. The lowest BCUT2D eigenvalue weighted by Gasteiger charge is -2.31. The number of nitrogens with zero attached hydrogens (tertiary/aromatic N) is 5. The predicted molar refractivity (Wildman–Crippen MR) is 352 cm³/mol. The van der Waals surface area contributed by atoms with Gasteiger partial charge in [-0.15, -0.1) is 24.8 Å². The fraction of sp³-hybridized carbons (Fsp3) is 0.500. The minimum Gasteiger partial charge on any atom is -0.444 e. The SMILES string of the molecule is C#CC1CCN(C(=O)OC(C)(C)C)CC1.CC(C)(C)OC(=O)N1CCC(C#Cc2cccc3c2CN(C2CCC(=O)NC2=O)C3=O)CC1.Cl.O=C1CCC(N2Cc3c(Br)cccc3C2=O)C(=O)N1.O=C1CCC(N2Cc3c(C#CC4CCNCC4)cccc3C2=O)C(=O)N1. The summed E-state index contributed by atoms with van der Waals surface area (Å²) >= 11 is 3.42. The largest absolute Gasteiger partial charge is 0.444 e. The number of hydrogen-bond acceptors (Lipinski definition) is 14. The molecule has 11 amide bonds. The van der Waals surface area contributed by atoms with Crippen molar-refractivity contribution in [3.8, 4) is 36.0 Å². The lowest BCUT2D eigenvalue weighted by atomic mass is 9.96. The average molecular weight is 1370 g/mol. The quantitative estimate of drug-likeness (QED) is 0.150. The third kappa shape index (κ3) is 17.8. The second-order valence-electron chi connectivity index (χ2n) is 26.3. The van der Waals surface area contributed by atoms with Gasteiger partial charge in [0.05, 0.1) is 0 Å². The van der Waals surface area contributed by atoms with E-state index in [9.17, 15) is 52.7 Å². The topological polar surface area (TPSA) is 271 Å². The maximum absolute atomic E-state index is 12.9. The van der Waals surface area contributed by atoms with Crippen LogP contribution in [-0.2, 0) is 57.9 Å². The summed E-state index contributed by atoms with van der Waals surface area (Å²) in [4.78, 5) is 140. The van der Waals surface area contributed by atoms with E-state index in [2.05, 4.69) is 66.8 Å². The Hall–Kier alpha value is -8.56. The third-order valence-electron chi connectivity index (χ3n) is 17.4. The number of benzene rings is 3. The van der Waals surface area contributed by atoms with Gasteiger partial charge in [-0.2, -0.15) is 0 Å². The van der Waals surface area contributed by atoms with Crippen molar-refractivity contribution in [1.82, 2.24) is 45.8 Å². The maximum Gasteiger partial charge on any atom is 0.410 e. The van der Waals surface area contributed by atoms with Crippen LogP contribution in [0, 0.1) is 53.8 Å². The zero-order valence-electron chi connectivity index (χ0n) is 53.9. The van der Waals surface area contributed by atoms with Crippen molar-refractivity contribution in [1.29, 1.82) is 0 Å². The minimum atomic E-state index is -0.638. The van der Waals surface area contributed by atoms with Crippen LogP contribution in [0.1, 0.15) is 177 Å².